The van der Waals surface area contributed by atoms with Crippen LogP contribution in [0.2, 0.25) is 0 Å². The second kappa shape index (κ2) is 8.26. The highest BCUT2D eigenvalue weighted by molar-refractivity contribution is 5.05. The van der Waals surface area contributed by atoms with E-state index in [9.17, 15) is 0 Å². The van der Waals surface area contributed by atoms with Crippen LogP contribution in [-0.4, -0.2) is 9.97 Å². The van der Waals surface area contributed by atoms with Gasteiger partial charge in [0.25, 0.3) is 0 Å². The minimum absolute atomic E-state index is 0.648. The highest BCUT2D eigenvalue weighted by Crippen LogP contribution is 2.25. The first kappa shape index (κ1) is 13.1. The van der Waals surface area contributed by atoms with Gasteiger partial charge < -0.3 is 0 Å². The number of nitrogens with zero attached hydrogens (tertiary/aromatic N) is 2. The molecule has 1 aromatic rings. The monoisotopic (exact) mass is 220 g/mol. The lowest BCUT2D eigenvalue weighted by molar-refractivity contribution is 0.505. The summed E-state index contributed by atoms with van der Waals surface area (Å²) in [6, 6.07) is 2.08. The van der Waals surface area contributed by atoms with Gasteiger partial charge in [-0.1, -0.05) is 46.0 Å². The summed E-state index contributed by atoms with van der Waals surface area (Å²) in [5, 5.41) is 0. The predicted octanol–water partition coefficient (Wildman–Crippen LogP) is 4.33. The molecule has 0 N–H and O–H groups in total. The van der Waals surface area contributed by atoms with Crippen molar-refractivity contribution in [2.45, 2.75) is 64.7 Å². The van der Waals surface area contributed by atoms with E-state index in [2.05, 4.69) is 29.9 Å². The maximum atomic E-state index is 4.40. The molecule has 0 aliphatic carbocycles. The van der Waals surface area contributed by atoms with E-state index < -0.39 is 0 Å². The van der Waals surface area contributed by atoms with Crippen molar-refractivity contribution in [3.63, 3.8) is 0 Å². The van der Waals surface area contributed by atoms with Crippen LogP contribution in [-0.2, 0) is 0 Å². The second-order valence-electron chi connectivity index (χ2n) is 4.47. The predicted molar refractivity (Wildman–Crippen MR) is 68.4 cm³/mol. The Morgan fingerprint density at radius 2 is 1.81 bits per heavy atom. The van der Waals surface area contributed by atoms with Crippen molar-refractivity contribution >= 4 is 0 Å². The molecule has 0 radical (unpaired) electrons. The van der Waals surface area contributed by atoms with Crippen LogP contribution in [0.4, 0.5) is 0 Å². The van der Waals surface area contributed by atoms with Crippen LogP contribution in [0.25, 0.3) is 0 Å². The van der Waals surface area contributed by atoms with E-state index in [-0.39, 0.29) is 0 Å². The SMILES string of the molecule is CCCCCC(CCCC)c1ccncn1. The third-order valence-corrected chi connectivity index (χ3v) is 3.09. The van der Waals surface area contributed by atoms with Gasteiger partial charge in [0.05, 0.1) is 0 Å². The highest BCUT2D eigenvalue weighted by atomic mass is 14.8. The first-order chi connectivity index (χ1) is 7.88. The van der Waals surface area contributed by atoms with Crippen molar-refractivity contribution in [1.29, 1.82) is 0 Å². The molecule has 1 rings (SSSR count). The maximum Gasteiger partial charge on any atom is 0.115 e. The number of aromatic nitrogens is 2. The quantitative estimate of drug-likeness (QED) is 0.609. The van der Waals surface area contributed by atoms with Crippen molar-refractivity contribution in [2.24, 2.45) is 0 Å². The standard InChI is InChI=1S/C14H24N2/c1-3-5-7-9-13(8-6-4-2)14-10-11-15-12-16-14/h10-13H,3-9H2,1-2H3. The van der Waals surface area contributed by atoms with E-state index in [1.54, 1.807) is 6.33 Å². The minimum Gasteiger partial charge on any atom is -0.245 e. The van der Waals surface area contributed by atoms with Crippen LogP contribution in [0.15, 0.2) is 18.6 Å². The molecule has 0 aromatic carbocycles. The third kappa shape index (κ3) is 4.73. The Bertz CT molecular complexity index is 259. The summed E-state index contributed by atoms with van der Waals surface area (Å²) >= 11 is 0. The van der Waals surface area contributed by atoms with Gasteiger partial charge in [-0.25, -0.2) is 9.97 Å². The summed E-state index contributed by atoms with van der Waals surface area (Å²) in [6.07, 6.45) is 12.6. The molecule has 0 aliphatic rings. The van der Waals surface area contributed by atoms with Crippen molar-refractivity contribution < 1.29 is 0 Å². The molecule has 1 atom stereocenters. The number of hydrogen-bond acceptors (Lipinski definition) is 2. The van der Waals surface area contributed by atoms with Gasteiger partial charge in [-0.05, 0) is 18.9 Å². The fourth-order valence-electron chi connectivity index (χ4n) is 2.07. The zero-order valence-corrected chi connectivity index (χ0v) is 10.7. The van der Waals surface area contributed by atoms with Gasteiger partial charge >= 0.3 is 0 Å². The van der Waals surface area contributed by atoms with Crippen LogP contribution in [0.1, 0.15) is 70.4 Å². The molecule has 0 spiro atoms. The summed E-state index contributed by atoms with van der Waals surface area (Å²) in [6.45, 7) is 4.51. The van der Waals surface area contributed by atoms with Gasteiger partial charge in [0.2, 0.25) is 0 Å². The molecule has 0 bridgehead atoms. The molecule has 0 saturated carbocycles. The molecular weight excluding hydrogens is 196 g/mol. The minimum atomic E-state index is 0.648. The van der Waals surface area contributed by atoms with Crippen LogP contribution in [0, 0.1) is 0 Å². The Morgan fingerprint density at radius 1 is 1.06 bits per heavy atom. The van der Waals surface area contributed by atoms with E-state index in [1.807, 2.05) is 6.20 Å². The lowest BCUT2D eigenvalue weighted by Gasteiger charge is -2.15. The van der Waals surface area contributed by atoms with Crippen molar-refractivity contribution in [1.82, 2.24) is 9.97 Å². The topological polar surface area (TPSA) is 25.8 Å². The molecule has 90 valence electrons. The van der Waals surface area contributed by atoms with Crippen LogP contribution < -0.4 is 0 Å². The van der Waals surface area contributed by atoms with Crippen LogP contribution in [0.3, 0.4) is 0 Å². The van der Waals surface area contributed by atoms with Gasteiger partial charge in [-0.15, -0.1) is 0 Å². The van der Waals surface area contributed by atoms with Crippen molar-refractivity contribution in [3.8, 4) is 0 Å². The number of hydrogen-bond donors (Lipinski definition) is 0. The van der Waals surface area contributed by atoms with Gasteiger partial charge in [0.1, 0.15) is 6.33 Å². The van der Waals surface area contributed by atoms with Crippen LogP contribution in [0.5, 0.6) is 0 Å². The van der Waals surface area contributed by atoms with E-state index >= 15 is 0 Å². The molecule has 2 nitrogen and oxygen atoms in total. The Hall–Kier alpha value is -0.920. The van der Waals surface area contributed by atoms with Gasteiger partial charge in [0.15, 0.2) is 0 Å². The van der Waals surface area contributed by atoms with Gasteiger partial charge in [-0.2, -0.15) is 0 Å². The Balaban J connectivity index is 2.49. The number of unbranched alkanes of at least 4 members (excludes halogenated alkanes) is 3. The first-order valence-electron chi connectivity index (χ1n) is 6.64. The Kier molecular flexibility index (Phi) is 6.78. The lowest BCUT2D eigenvalue weighted by atomic mass is 9.92. The average Bonchev–Trinajstić information content (AvgIpc) is 2.35. The van der Waals surface area contributed by atoms with E-state index in [1.165, 1.54) is 50.6 Å². The smallest absolute Gasteiger partial charge is 0.115 e. The van der Waals surface area contributed by atoms with Gasteiger partial charge in [-0.3, -0.25) is 0 Å². The molecule has 1 aromatic heterocycles. The summed E-state index contributed by atoms with van der Waals surface area (Å²) in [5.41, 5.74) is 1.24. The molecule has 0 amide bonds. The molecule has 1 heterocycles. The van der Waals surface area contributed by atoms with E-state index in [4.69, 9.17) is 0 Å². The Morgan fingerprint density at radius 3 is 2.44 bits per heavy atom. The molecule has 0 saturated heterocycles. The molecular formula is C14H24N2. The normalized spacial score (nSPS) is 12.6. The molecule has 0 aliphatic heterocycles. The largest absolute Gasteiger partial charge is 0.245 e. The average molecular weight is 220 g/mol. The molecule has 0 fully saturated rings. The zero-order chi connectivity index (χ0) is 11.6. The summed E-state index contributed by atoms with van der Waals surface area (Å²) < 4.78 is 0. The second-order valence-corrected chi connectivity index (χ2v) is 4.47. The van der Waals surface area contributed by atoms with Crippen molar-refractivity contribution in [3.05, 3.63) is 24.3 Å². The third-order valence-electron chi connectivity index (χ3n) is 3.09. The van der Waals surface area contributed by atoms with Gasteiger partial charge in [0, 0.05) is 17.8 Å². The lowest BCUT2D eigenvalue weighted by Crippen LogP contribution is -2.02. The summed E-state index contributed by atoms with van der Waals surface area (Å²) in [4.78, 5) is 8.39. The number of rotatable bonds is 8. The highest BCUT2D eigenvalue weighted by Gasteiger charge is 2.11. The van der Waals surface area contributed by atoms with Crippen LogP contribution >= 0.6 is 0 Å². The molecule has 1 unspecified atom stereocenters. The summed E-state index contributed by atoms with van der Waals surface area (Å²) in [5.74, 6) is 0.648. The van der Waals surface area contributed by atoms with E-state index in [0.29, 0.717) is 5.92 Å². The fraction of sp³-hybridized carbons (Fsp3) is 0.714. The van der Waals surface area contributed by atoms with E-state index in [0.717, 1.165) is 0 Å². The fourth-order valence-corrected chi connectivity index (χ4v) is 2.07. The summed E-state index contributed by atoms with van der Waals surface area (Å²) in [7, 11) is 0. The maximum absolute atomic E-state index is 4.40. The Labute approximate surface area is 99.5 Å². The molecule has 2 heteroatoms. The zero-order valence-electron chi connectivity index (χ0n) is 10.7. The van der Waals surface area contributed by atoms with Crippen molar-refractivity contribution in [2.75, 3.05) is 0 Å². The molecule has 16 heavy (non-hydrogen) atoms. The first-order valence-corrected chi connectivity index (χ1v) is 6.64.